The average molecular weight is 610 g/mol. The maximum atomic E-state index is 13.2. The minimum Gasteiger partial charge on any atom is -0.483 e. The molecular weight excluding hydrogens is 575 g/mol. The summed E-state index contributed by atoms with van der Waals surface area (Å²) in [6.07, 6.45) is -4.53. The number of hydrogen-bond acceptors (Lipinski definition) is 4. The monoisotopic (exact) mass is 609 g/mol. The second-order valence-corrected chi connectivity index (χ2v) is 10.6. The molecule has 0 aliphatic rings. The molecule has 5 aromatic carbocycles. The Labute approximate surface area is 261 Å². The summed E-state index contributed by atoms with van der Waals surface area (Å²) in [5, 5.41) is 3.85. The number of rotatable bonds is 12. The van der Waals surface area contributed by atoms with Gasteiger partial charge in [0.15, 0.2) is 6.61 Å². The fraction of sp³-hybridized carbons (Fsp3) is 0.184. The van der Waals surface area contributed by atoms with Crippen molar-refractivity contribution in [3.63, 3.8) is 0 Å². The molecule has 7 heteroatoms. The smallest absolute Gasteiger partial charge is 0.422 e. The molecular formula is C38H34F3NO3. The van der Waals surface area contributed by atoms with Crippen LogP contribution >= 0.6 is 0 Å². The molecule has 5 aromatic rings. The van der Waals surface area contributed by atoms with Gasteiger partial charge in [-0.1, -0.05) is 127 Å². The maximum Gasteiger partial charge on any atom is 0.422 e. The van der Waals surface area contributed by atoms with Crippen molar-refractivity contribution in [2.75, 3.05) is 13.2 Å². The van der Waals surface area contributed by atoms with Crippen LogP contribution in [0.3, 0.4) is 0 Å². The van der Waals surface area contributed by atoms with Crippen LogP contribution < -0.4 is 10.1 Å². The lowest BCUT2D eigenvalue weighted by Gasteiger charge is -2.40. The molecule has 0 bridgehead atoms. The molecule has 1 N–H and O–H groups in total. The van der Waals surface area contributed by atoms with E-state index in [-0.39, 0.29) is 18.8 Å². The van der Waals surface area contributed by atoms with Gasteiger partial charge in [0.25, 0.3) is 0 Å². The van der Waals surface area contributed by atoms with E-state index in [1.54, 1.807) is 25.1 Å². The lowest BCUT2D eigenvalue weighted by Crippen LogP contribution is -2.47. The Morgan fingerprint density at radius 1 is 0.711 bits per heavy atom. The van der Waals surface area contributed by atoms with Crippen molar-refractivity contribution in [1.82, 2.24) is 5.32 Å². The lowest BCUT2D eigenvalue weighted by molar-refractivity contribution is -0.153. The van der Waals surface area contributed by atoms with E-state index in [1.165, 1.54) is 0 Å². The van der Waals surface area contributed by atoms with Crippen molar-refractivity contribution < 1.29 is 27.4 Å². The number of hydrogen-bond donors (Lipinski definition) is 1. The van der Waals surface area contributed by atoms with Crippen LogP contribution in [0.15, 0.2) is 140 Å². The Kier molecular flexibility index (Phi) is 10.0. The maximum absolute atomic E-state index is 13.2. The summed E-state index contributed by atoms with van der Waals surface area (Å²) in [6.45, 7) is 0.547. The normalized spacial score (nSPS) is 12.4. The second kappa shape index (κ2) is 14.3. The van der Waals surface area contributed by atoms with Crippen LogP contribution in [0.2, 0.25) is 0 Å². The van der Waals surface area contributed by atoms with Gasteiger partial charge in [0.1, 0.15) is 5.75 Å². The van der Waals surface area contributed by atoms with Gasteiger partial charge in [-0.15, -0.1) is 0 Å². The third kappa shape index (κ3) is 7.62. The summed E-state index contributed by atoms with van der Waals surface area (Å²) in [5.74, 6) is -0.311. The molecule has 0 aromatic heterocycles. The van der Waals surface area contributed by atoms with E-state index in [0.29, 0.717) is 16.7 Å². The van der Waals surface area contributed by atoms with E-state index in [2.05, 4.69) is 5.32 Å². The highest BCUT2D eigenvalue weighted by Gasteiger charge is 2.39. The second-order valence-electron chi connectivity index (χ2n) is 10.6. The van der Waals surface area contributed by atoms with Crippen LogP contribution in [0.5, 0.6) is 5.75 Å². The van der Waals surface area contributed by atoms with Gasteiger partial charge in [-0.3, -0.25) is 10.1 Å². The first-order chi connectivity index (χ1) is 21.8. The van der Waals surface area contributed by atoms with Gasteiger partial charge in [-0.05, 0) is 46.9 Å². The zero-order valence-electron chi connectivity index (χ0n) is 24.8. The summed E-state index contributed by atoms with van der Waals surface area (Å²) in [6, 6.07) is 43.4. The Hall–Kier alpha value is -4.88. The minimum atomic E-state index is -4.50. The Bertz CT molecular complexity index is 1560. The van der Waals surface area contributed by atoms with E-state index in [4.69, 9.17) is 9.47 Å². The minimum absolute atomic E-state index is 0.0287. The van der Waals surface area contributed by atoms with Crippen LogP contribution in [0, 0.1) is 0 Å². The molecule has 0 spiro atoms. The van der Waals surface area contributed by atoms with Crippen LogP contribution in [0.4, 0.5) is 13.2 Å². The first-order valence-corrected chi connectivity index (χ1v) is 14.8. The van der Waals surface area contributed by atoms with Crippen molar-refractivity contribution in [1.29, 1.82) is 0 Å². The van der Waals surface area contributed by atoms with Crippen molar-refractivity contribution >= 4 is 5.97 Å². The standard InChI is InChI=1S/C38H34F3NO3/c1-2-44-36(43)26-34(29-23-24-35(45-27-37(39,40)41)33(25-29)28-15-7-3-8-16-28)42-38(30-17-9-4-10-18-30,31-19-11-5-12-20-31)32-21-13-6-14-22-32/h3-25,34,42H,2,26-27H2,1H3. The molecule has 0 heterocycles. The molecule has 0 aliphatic carbocycles. The van der Waals surface area contributed by atoms with E-state index in [1.807, 2.05) is 121 Å². The van der Waals surface area contributed by atoms with E-state index >= 15 is 0 Å². The van der Waals surface area contributed by atoms with Crippen molar-refractivity contribution in [2.24, 2.45) is 0 Å². The van der Waals surface area contributed by atoms with Crippen LogP contribution in [-0.4, -0.2) is 25.4 Å². The van der Waals surface area contributed by atoms with E-state index in [9.17, 15) is 18.0 Å². The summed E-state index contributed by atoms with van der Waals surface area (Å²) in [4.78, 5) is 13.1. The third-order valence-corrected chi connectivity index (χ3v) is 7.57. The number of esters is 1. The van der Waals surface area contributed by atoms with Crippen LogP contribution in [-0.2, 0) is 15.1 Å². The van der Waals surface area contributed by atoms with Gasteiger partial charge < -0.3 is 9.47 Å². The van der Waals surface area contributed by atoms with Gasteiger partial charge >= 0.3 is 12.1 Å². The van der Waals surface area contributed by atoms with Gasteiger partial charge in [-0.25, -0.2) is 0 Å². The van der Waals surface area contributed by atoms with E-state index < -0.39 is 30.3 Å². The lowest BCUT2D eigenvalue weighted by atomic mass is 9.76. The molecule has 5 rings (SSSR count). The number of carbonyl (C=O) groups is 1. The van der Waals surface area contributed by atoms with Crippen molar-refractivity contribution in [3.05, 3.63) is 162 Å². The summed E-state index contributed by atoms with van der Waals surface area (Å²) in [5.41, 5.74) is 3.79. The van der Waals surface area contributed by atoms with Crippen molar-refractivity contribution in [3.8, 4) is 16.9 Å². The number of benzene rings is 5. The molecule has 1 atom stereocenters. The molecule has 1 unspecified atom stereocenters. The van der Waals surface area contributed by atoms with Gasteiger partial charge in [0.05, 0.1) is 18.6 Å². The molecule has 4 nitrogen and oxygen atoms in total. The first kappa shape index (κ1) is 31.5. The molecule has 0 radical (unpaired) electrons. The van der Waals surface area contributed by atoms with Gasteiger partial charge in [-0.2, -0.15) is 13.2 Å². The number of alkyl halides is 3. The Balaban J connectivity index is 1.70. The fourth-order valence-electron chi connectivity index (χ4n) is 5.61. The highest BCUT2D eigenvalue weighted by molar-refractivity contribution is 5.73. The third-order valence-electron chi connectivity index (χ3n) is 7.57. The molecule has 230 valence electrons. The Morgan fingerprint density at radius 3 is 1.67 bits per heavy atom. The molecule has 0 saturated carbocycles. The zero-order chi connectivity index (χ0) is 31.7. The zero-order valence-corrected chi connectivity index (χ0v) is 24.8. The molecule has 0 saturated heterocycles. The SMILES string of the molecule is CCOC(=O)CC(NC(c1ccccc1)(c1ccccc1)c1ccccc1)c1ccc(OCC(F)(F)F)c(-c2ccccc2)c1. The highest BCUT2D eigenvalue weighted by Crippen LogP contribution is 2.41. The number of nitrogens with one attached hydrogen (secondary N) is 1. The fourth-order valence-corrected chi connectivity index (χ4v) is 5.61. The van der Waals surface area contributed by atoms with Gasteiger partial charge in [0.2, 0.25) is 0 Å². The summed E-state index contributed by atoms with van der Waals surface area (Å²) in [7, 11) is 0. The van der Waals surface area contributed by atoms with Crippen LogP contribution in [0.25, 0.3) is 11.1 Å². The Morgan fingerprint density at radius 2 is 1.20 bits per heavy atom. The summed E-state index contributed by atoms with van der Waals surface area (Å²) < 4.78 is 50.2. The number of carbonyl (C=O) groups excluding carboxylic acids is 1. The van der Waals surface area contributed by atoms with E-state index in [0.717, 1.165) is 16.7 Å². The van der Waals surface area contributed by atoms with Gasteiger partial charge in [0, 0.05) is 11.6 Å². The molecule has 0 amide bonds. The molecule has 0 aliphatic heterocycles. The topological polar surface area (TPSA) is 47.6 Å². The largest absolute Gasteiger partial charge is 0.483 e. The first-order valence-electron chi connectivity index (χ1n) is 14.8. The highest BCUT2D eigenvalue weighted by atomic mass is 19.4. The van der Waals surface area contributed by atoms with Crippen LogP contribution in [0.1, 0.15) is 41.6 Å². The molecule has 45 heavy (non-hydrogen) atoms. The molecule has 0 fully saturated rings. The summed E-state index contributed by atoms with van der Waals surface area (Å²) >= 11 is 0. The predicted molar refractivity (Wildman–Crippen MR) is 170 cm³/mol. The number of ether oxygens (including phenoxy) is 2. The average Bonchev–Trinajstić information content (AvgIpc) is 3.07. The predicted octanol–water partition coefficient (Wildman–Crippen LogP) is 8.87. The van der Waals surface area contributed by atoms with Crippen molar-refractivity contribution in [2.45, 2.75) is 31.1 Å². The quantitative estimate of drug-likeness (QED) is 0.113. The number of halogens is 3.